The number of amides is 1. The number of hydrogen-bond acceptors (Lipinski definition) is 4. The zero-order valence-electron chi connectivity index (χ0n) is 15.3. The number of nitrogens with one attached hydrogen (secondary N) is 1. The average Bonchev–Trinajstić information content (AvgIpc) is 3.22. The molecule has 5 nitrogen and oxygen atoms in total. The van der Waals surface area contributed by atoms with Crippen molar-refractivity contribution >= 4 is 34.2 Å². The van der Waals surface area contributed by atoms with Crippen molar-refractivity contribution in [2.24, 2.45) is 4.99 Å². The smallest absolute Gasteiger partial charge is 0.256 e. The van der Waals surface area contributed by atoms with Crippen LogP contribution in [-0.4, -0.2) is 25.2 Å². The van der Waals surface area contributed by atoms with Crippen molar-refractivity contribution < 1.29 is 22.7 Å². The minimum absolute atomic E-state index is 0.0492. The lowest BCUT2D eigenvalue weighted by molar-refractivity contribution is 0.0854. The Kier molecular flexibility index (Phi) is 5.60. The van der Waals surface area contributed by atoms with Gasteiger partial charge in [-0.05, 0) is 49.2 Å². The van der Waals surface area contributed by atoms with Crippen LogP contribution in [0.15, 0.2) is 51.9 Å². The first-order valence-electron chi connectivity index (χ1n) is 9.12. The third kappa shape index (κ3) is 4.46. The molecule has 1 saturated heterocycles. The highest BCUT2D eigenvalue weighted by atomic mass is 35.5. The van der Waals surface area contributed by atoms with Gasteiger partial charge in [-0.1, -0.05) is 11.6 Å². The van der Waals surface area contributed by atoms with Crippen LogP contribution in [-0.2, 0) is 4.74 Å². The Bertz CT molecular complexity index is 1140. The minimum atomic E-state index is -0.733. The van der Waals surface area contributed by atoms with Crippen LogP contribution in [0.1, 0.15) is 23.2 Å². The van der Waals surface area contributed by atoms with Crippen molar-refractivity contribution in [3.8, 4) is 0 Å². The molecule has 150 valence electrons. The number of rotatable bonds is 4. The number of carbonyl (C=O) groups is 1. The van der Waals surface area contributed by atoms with Crippen LogP contribution in [0.5, 0.6) is 0 Å². The van der Waals surface area contributed by atoms with Crippen LogP contribution >= 0.6 is 11.6 Å². The Hall–Kier alpha value is -2.77. The quantitative estimate of drug-likeness (QED) is 0.678. The lowest BCUT2D eigenvalue weighted by Crippen LogP contribution is -2.34. The highest BCUT2D eigenvalue weighted by Gasteiger charge is 2.19. The van der Waals surface area contributed by atoms with Crippen LogP contribution < -0.4 is 10.9 Å². The largest absolute Gasteiger partial charge is 0.438 e. The van der Waals surface area contributed by atoms with Gasteiger partial charge in [0.15, 0.2) is 0 Å². The van der Waals surface area contributed by atoms with Gasteiger partial charge >= 0.3 is 0 Å². The fourth-order valence-electron chi connectivity index (χ4n) is 3.14. The van der Waals surface area contributed by atoms with Crippen molar-refractivity contribution in [3.63, 3.8) is 0 Å². The van der Waals surface area contributed by atoms with E-state index in [0.29, 0.717) is 29.1 Å². The van der Waals surface area contributed by atoms with E-state index >= 15 is 0 Å². The van der Waals surface area contributed by atoms with Gasteiger partial charge < -0.3 is 14.5 Å². The van der Waals surface area contributed by atoms with Gasteiger partial charge in [-0.3, -0.25) is 4.79 Å². The molecule has 0 aliphatic carbocycles. The summed E-state index contributed by atoms with van der Waals surface area (Å²) in [6.07, 6.45) is 1.76. The number of ether oxygens (including phenoxy) is 1. The summed E-state index contributed by atoms with van der Waals surface area (Å²) in [6.45, 7) is 1.00. The van der Waals surface area contributed by atoms with E-state index < -0.39 is 17.5 Å². The molecule has 0 saturated carbocycles. The zero-order chi connectivity index (χ0) is 20.4. The number of nitrogens with zero attached hydrogens (tertiary/aromatic N) is 1. The predicted molar refractivity (Wildman–Crippen MR) is 104 cm³/mol. The van der Waals surface area contributed by atoms with Gasteiger partial charge in [0.25, 0.3) is 5.91 Å². The van der Waals surface area contributed by atoms with E-state index in [2.05, 4.69) is 10.3 Å². The zero-order valence-corrected chi connectivity index (χ0v) is 16.0. The molecule has 0 bridgehead atoms. The SMILES string of the molecule is O=C(NC[C@@H]1CCCO1)c1cc2cc(Cl)ccc2oc1=Nc1cc(F)ccc1F. The van der Waals surface area contributed by atoms with E-state index in [1.807, 2.05) is 0 Å². The summed E-state index contributed by atoms with van der Waals surface area (Å²) in [5.74, 6) is -1.84. The third-order valence-electron chi connectivity index (χ3n) is 4.60. The second kappa shape index (κ2) is 8.31. The van der Waals surface area contributed by atoms with Crippen LogP contribution in [0, 0.1) is 11.6 Å². The van der Waals surface area contributed by atoms with Crippen molar-refractivity contribution in [3.05, 3.63) is 70.2 Å². The average molecular weight is 419 g/mol. The highest BCUT2D eigenvalue weighted by Crippen LogP contribution is 2.21. The Morgan fingerprint density at radius 3 is 2.86 bits per heavy atom. The molecule has 8 heteroatoms. The van der Waals surface area contributed by atoms with E-state index in [1.165, 1.54) is 0 Å². The second-order valence-corrected chi connectivity index (χ2v) is 7.14. The molecule has 0 radical (unpaired) electrons. The van der Waals surface area contributed by atoms with Gasteiger partial charge in [-0.25, -0.2) is 13.8 Å². The molecular formula is C21H17ClF2N2O3. The molecule has 3 aromatic rings. The lowest BCUT2D eigenvalue weighted by Gasteiger charge is -2.11. The van der Waals surface area contributed by atoms with Crippen molar-refractivity contribution in [2.45, 2.75) is 18.9 Å². The minimum Gasteiger partial charge on any atom is -0.438 e. The number of hydrogen-bond donors (Lipinski definition) is 1. The molecule has 1 amide bonds. The van der Waals surface area contributed by atoms with E-state index in [4.69, 9.17) is 20.8 Å². The summed E-state index contributed by atoms with van der Waals surface area (Å²) in [7, 11) is 0. The molecule has 0 spiro atoms. The van der Waals surface area contributed by atoms with E-state index in [1.54, 1.807) is 24.3 Å². The van der Waals surface area contributed by atoms with Gasteiger partial charge in [0.2, 0.25) is 5.55 Å². The Labute approximate surface area is 170 Å². The fraction of sp³-hybridized carbons (Fsp3) is 0.238. The normalized spacial score (nSPS) is 17.1. The summed E-state index contributed by atoms with van der Waals surface area (Å²) >= 11 is 6.03. The second-order valence-electron chi connectivity index (χ2n) is 6.70. The Morgan fingerprint density at radius 1 is 1.21 bits per heavy atom. The van der Waals surface area contributed by atoms with E-state index in [0.717, 1.165) is 31.0 Å². The van der Waals surface area contributed by atoms with Gasteiger partial charge in [0.1, 0.15) is 28.5 Å². The van der Waals surface area contributed by atoms with Crippen LogP contribution in [0.3, 0.4) is 0 Å². The molecule has 0 unspecified atom stereocenters. The molecule has 4 rings (SSSR count). The van der Waals surface area contributed by atoms with Crippen molar-refractivity contribution in [2.75, 3.05) is 13.2 Å². The molecular weight excluding hydrogens is 402 g/mol. The molecule has 1 atom stereocenters. The van der Waals surface area contributed by atoms with Crippen LogP contribution in [0.2, 0.25) is 5.02 Å². The number of halogens is 3. The van der Waals surface area contributed by atoms with Gasteiger partial charge in [0.05, 0.1) is 6.10 Å². The van der Waals surface area contributed by atoms with Crippen molar-refractivity contribution in [1.29, 1.82) is 0 Å². The summed E-state index contributed by atoms with van der Waals surface area (Å²) in [5.41, 5.74) is 0.0893. The monoisotopic (exact) mass is 418 g/mol. The maximum absolute atomic E-state index is 14.1. The van der Waals surface area contributed by atoms with Crippen molar-refractivity contribution in [1.82, 2.24) is 5.32 Å². The first-order valence-corrected chi connectivity index (χ1v) is 9.50. The van der Waals surface area contributed by atoms with Gasteiger partial charge in [-0.2, -0.15) is 0 Å². The topological polar surface area (TPSA) is 63.8 Å². The molecule has 1 aliphatic rings. The first-order chi connectivity index (χ1) is 14.0. The molecule has 1 N–H and O–H groups in total. The Balaban J connectivity index is 1.79. The molecule has 1 fully saturated rings. The predicted octanol–water partition coefficient (Wildman–Crippen LogP) is 4.51. The maximum Gasteiger partial charge on any atom is 0.256 e. The molecule has 2 heterocycles. The van der Waals surface area contributed by atoms with Crippen LogP contribution in [0.25, 0.3) is 11.0 Å². The van der Waals surface area contributed by atoms with Crippen LogP contribution in [0.4, 0.5) is 14.5 Å². The lowest BCUT2D eigenvalue weighted by atomic mass is 10.1. The molecule has 2 aromatic carbocycles. The first kappa shape index (κ1) is 19.5. The number of benzene rings is 2. The summed E-state index contributed by atoms with van der Waals surface area (Å²) < 4.78 is 38.8. The van der Waals surface area contributed by atoms with E-state index in [9.17, 15) is 13.6 Å². The number of fused-ring (bicyclic) bond motifs is 1. The Morgan fingerprint density at radius 2 is 2.07 bits per heavy atom. The highest BCUT2D eigenvalue weighted by molar-refractivity contribution is 6.31. The summed E-state index contributed by atoms with van der Waals surface area (Å²) in [5, 5.41) is 3.84. The number of carbonyl (C=O) groups excluding carboxylic acids is 1. The van der Waals surface area contributed by atoms with E-state index in [-0.39, 0.29) is 22.9 Å². The standard InChI is InChI=1S/C21H17ClF2N2O3/c22-13-3-6-19-12(8-13)9-16(20(27)25-11-15-2-1-7-28-15)21(29-19)26-18-10-14(23)4-5-17(18)24/h3-6,8-10,15H,1-2,7,11H2,(H,25,27)/t15-/m0/s1. The van der Waals surface area contributed by atoms with Gasteiger partial charge in [-0.15, -0.1) is 0 Å². The summed E-state index contributed by atoms with van der Waals surface area (Å²) in [4.78, 5) is 16.9. The third-order valence-corrected chi connectivity index (χ3v) is 4.83. The molecule has 1 aliphatic heterocycles. The molecule has 1 aromatic heterocycles. The fourth-order valence-corrected chi connectivity index (χ4v) is 3.32. The summed E-state index contributed by atoms with van der Waals surface area (Å²) in [6, 6.07) is 9.33. The van der Waals surface area contributed by atoms with Gasteiger partial charge in [0, 0.05) is 29.6 Å². The molecule has 29 heavy (non-hydrogen) atoms. The maximum atomic E-state index is 14.1.